The monoisotopic (exact) mass is 238 g/mol. The van der Waals surface area contributed by atoms with E-state index in [-0.39, 0.29) is 11.6 Å². The summed E-state index contributed by atoms with van der Waals surface area (Å²) in [7, 11) is 0. The lowest BCUT2D eigenvalue weighted by molar-refractivity contribution is -0.134. The Morgan fingerprint density at radius 3 is 1.71 bits per heavy atom. The Hall–Kier alpha value is -1.51. The third-order valence-corrected chi connectivity index (χ3v) is 1.94. The van der Waals surface area contributed by atoms with Crippen LogP contribution in [0.25, 0.3) is 0 Å². The van der Waals surface area contributed by atoms with Crippen LogP contribution < -0.4 is 0 Å². The van der Waals surface area contributed by atoms with Crippen molar-refractivity contribution >= 4 is 17.9 Å². The quantitative estimate of drug-likeness (QED) is 0.320. The van der Waals surface area contributed by atoms with Crippen molar-refractivity contribution in [2.45, 2.75) is 47.5 Å². The predicted molar refractivity (Wildman–Crippen MR) is 69.8 cm³/mol. The predicted octanol–water partition coefficient (Wildman–Crippen LogP) is 3.04. The molecule has 0 aliphatic rings. The van der Waals surface area contributed by atoms with Crippen LogP contribution in [-0.4, -0.2) is 17.9 Å². The number of ketones is 2. The topological polar surface area (TPSA) is 51.2 Å². The van der Waals surface area contributed by atoms with E-state index in [0.29, 0.717) is 0 Å². The van der Waals surface area contributed by atoms with E-state index in [2.05, 4.69) is 19.9 Å². The summed E-state index contributed by atoms with van der Waals surface area (Å²) in [5, 5.41) is 0. The van der Waals surface area contributed by atoms with Crippen LogP contribution in [0.2, 0.25) is 0 Å². The second-order valence-electron chi connectivity index (χ2n) is 4.08. The van der Waals surface area contributed by atoms with Crippen LogP contribution in [0.4, 0.5) is 0 Å². The van der Waals surface area contributed by atoms with Gasteiger partial charge >= 0.3 is 0 Å². The molecule has 0 saturated carbocycles. The van der Waals surface area contributed by atoms with E-state index in [0.717, 1.165) is 24.7 Å². The van der Waals surface area contributed by atoms with Gasteiger partial charge in [0.2, 0.25) is 0 Å². The number of Topliss-reactive ketones (excluding diaryl/α,β-unsaturated/α-hetero) is 2. The van der Waals surface area contributed by atoms with Crippen LogP contribution in [0.1, 0.15) is 47.5 Å². The van der Waals surface area contributed by atoms with Crippen molar-refractivity contribution < 1.29 is 14.4 Å². The molecule has 96 valence electrons. The van der Waals surface area contributed by atoms with Crippen molar-refractivity contribution in [1.29, 1.82) is 0 Å². The Kier molecular flexibility index (Phi) is 11.6. The number of hydrogen-bond acceptors (Lipinski definition) is 3. The van der Waals surface area contributed by atoms with Gasteiger partial charge in [-0.05, 0) is 39.7 Å². The highest BCUT2D eigenvalue weighted by atomic mass is 16.2. The Morgan fingerprint density at radius 1 is 0.941 bits per heavy atom. The van der Waals surface area contributed by atoms with E-state index < -0.39 is 0 Å². The second kappa shape index (κ2) is 11.0. The maximum atomic E-state index is 10.0. The smallest absolute Gasteiger partial charge is 0.195 e. The van der Waals surface area contributed by atoms with E-state index in [4.69, 9.17) is 0 Å². The van der Waals surface area contributed by atoms with Crippen LogP contribution >= 0.6 is 0 Å². The molecule has 0 aromatic heterocycles. The fraction of sp³-hybridized carbons (Fsp3) is 0.500. The normalized spacial score (nSPS) is 9.82. The highest BCUT2D eigenvalue weighted by Gasteiger charge is 1.94. The van der Waals surface area contributed by atoms with Gasteiger partial charge in [-0.15, -0.1) is 0 Å². The lowest BCUT2D eigenvalue weighted by Crippen LogP contribution is -2.01. The standard InChI is InChI=1S/C10H16O.C4H6O2/c1-9(2)5-4-6-10(3)7-8-11;1-3(5)4(2)6/h5,7-8H,4,6H2,1-3H3;1-2H3. The van der Waals surface area contributed by atoms with Crippen molar-refractivity contribution in [3.8, 4) is 0 Å². The van der Waals surface area contributed by atoms with E-state index in [1.165, 1.54) is 19.4 Å². The number of aldehydes is 1. The van der Waals surface area contributed by atoms with Crippen LogP contribution in [0, 0.1) is 0 Å². The lowest BCUT2D eigenvalue weighted by Gasteiger charge is -1.94. The Bertz CT molecular complexity index is 306. The molecule has 0 saturated heterocycles. The van der Waals surface area contributed by atoms with Gasteiger partial charge in [-0.2, -0.15) is 0 Å². The zero-order valence-corrected chi connectivity index (χ0v) is 11.4. The van der Waals surface area contributed by atoms with E-state index in [1.54, 1.807) is 6.08 Å². The summed E-state index contributed by atoms with van der Waals surface area (Å²) in [6, 6.07) is 0. The van der Waals surface area contributed by atoms with Gasteiger partial charge in [-0.1, -0.05) is 17.2 Å². The molecular weight excluding hydrogens is 216 g/mol. The molecule has 3 heteroatoms. The maximum absolute atomic E-state index is 10.0. The van der Waals surface area contributed by atoms with Crippen LogP contribution in [0.15, 0.2) is 23.3 Å². The van der Waals surface area contributed by atoms with E-state index in [9.17, 15) is 14.4 Å². The van der Waals surface area contributed by atoms with Gasteiger partial charge in [0.15, 0.2) is 11.6 Å². The molecule has 0 aliphatic heterocycles. The molecule has 0 fully saturated rings. The summed E-state index contributed by atoms with van der Waals surface area (Å²) < 4.78 is 0. The molecule has 0 rings (SSSR count). The first-order valence-corrected chi connectivity index (χ1v) is 5.57. The van der Waals surface area contributed by atoms with Gasteiger partial charge < -0.3 is 0 Å². The Morgan fingerprint density at radius 2 is 1.41 bits per heavy atom. The molecule has 0 aliphatic carbocycles. The van der Waals surface area contributed by atoms with Crippen molar-refractivity contribution in [3.63, 3.8) is 0 Å². The van der Waals surface area contributed by atoms with Crippen molar-refractivity contribution in [1.82, 2.24) is 0 Å². The summed E-state index contributed by atoms with van der Waals surface area (Å²) in [5.41, 5.74) is 2.49. The van der Waals surface area contributed by atoms with Gasteiger partial charge in [0.05, 0.1) is 0 Å². The number of carbonyl (C=O) groups is 3. The first-order chi connectivity index (χ1) is 7.81. The summed E-state index contributed by atoms with van der Waals surface area (Å²) in [5.74, 6) is -0.759. The van der Waals surface area contributed by atoms with Gasteiger partial charge in [-0.25, -0.2) is 0 Å². The highest BCUT2D eigenvalue weighted by molar-refractivity contribution is 6.35. The minimum absolute atomic E-state index is 0.380. The largest absolute Gasteiger partial charge is 0.299 e. The van der Waals surface area contributed by atoms with Gasteiger partial charge in [-0.3, -0.25) is 14.4 Å². The summed E-state index contributed by atoms with van der Waals surface area (Å²) in [4.78, 5) is 29.6. The first-order valence-electron chi connectivity index (χ1n) is 5.57. The third-order valence-electron chi connectivity index (χ3n) is 1.94. The fourth-order valence-corrected chi connectivity index (χ4v) is 0.788. The second-order valence-corrected chi connectivity index (χ2v) is 4.08. The average molecular weight is 238 g/mol. The van der Waals surface area contributed by atoms with Crippen LogP contribution in [0.5, 0.6) is 0 Å². The molecule has 0 atom stereocenters. The molecule has 0 amide bonds. The molecule has 0 unspecified atom stereocenters. The number of carbonyl (C=O) groups excluding carboxylic acids is 3. The minimum atomic E-state index is -0.380. The van der Waals surface area contributed by atoms with Crippen molar-refractivity contribution in [3.05, 3.63) is 23.3 Å². The van der Waals surface area contributed by atoms with Crippen LogP contribution in [-0.2, 0) is 14.4 Å². The summed E-state index contributed by atoms with van der Waals surface area (Å²) >= 11 is 0. The zero-order chi connectivity index (χ0) is 13.8. The molecule has 0 N–H and O–H groups in total. The Labute approximate surface area is 104 Å². The van der Waals surface area contributed by atoms with Gasteiger partial charge in [0, 0.05) is 13.8 Å². The highest BCUT2D eigenvalue weighted by Crippen LogP contribution is 2.05. The number of hydrogen-bond donors (Lipinski definition) is 0. The molecule has 3 nitrogen and oxygen atoms in total. The van der Waals surface area contributed by atoms with Gasteiger partial charge in [0.1, 0.15) is 6.29 Å². The number of allylic oxidation sites excluding steroid dienone is 4. The number of rotatable bonds is 5. The maximum Gasteiger partial charge on any atom is 0.195 e. The van der Waals surface area contributed by atoms with Crippen molar-refractivity contribution in [2.75, 3.05) is 0 Å². The van der Waals surface area contributed by atoms with Crippen molar-refractivity contribution in [2.24, 2.45) is 0 Å². The van der Waals surface area contributed by atoms with E-state index in [1.807, 2.05) is 6.92 Å². The SMILES string of the molecule is CC(=O)C(C)=O.CC(C)=CCCC(C)=CC=O. The first kappa shape index (κ1) is 17.9. The molecular formula is C14H22O3. The molecule has 17 heavy (non-hydrogen) atoms. The summed E-state index contributed by atoms with van der Waals surface area (Å²) in [6.45, 7) is 8.65. The van der Waals surface area contributed by atoms with Crippen LogP contribution in [0.3, 0.4) is 0 Å². The Balaban J connectivity index is 0. The summed E-state index contributed by atoms with van der Waals surface area (Å²) in [6.07, 6.45) is 6.68. The zero-order valence-electron chi connectivity index (χ0n) is 11.4. The average Bonchev–Trinajstić information content (AvgIpc) is 2.18. The fourth-order valence-electron chi connectivity index (χ4n) is 0.788. The van der Waals surface area contributed by atoms with E-state index >= 15 is 0 Å². The molecule has 0 bridgehead atoms. The minimum Gasteiger partial charge on any atom is -0.299 e. The third kappa shape index (κ3) is 17.1. The molecule has 0 radical (unpaired) electrons. The molecule has 0 aromatic carbocycles. The molecule has 0 heterocycles. The van der Waals surface area contributed by atoms with Gasteiger partial charge in [0.25, 0.3) is 0 Å². The molecule has 0 aromatic rings. The molecule has 0 spiro atoms. The lowest BCUT2D eigenvalue weighted by atomic mass is 10.1.